The Bertz CT molecular complexity index is 1050. The Kier molecular flexibility index (Phi) is 5.57. The van der Waals surface area contributed by atoms with Gasteiger partial charge < -0.3 is 0 Å². The lowest BCUT2D eigenvalue weighted by molar-refractivity contribution is 0.364. The largest absolute Gasteiger partial charge is 0.0726 e. The van der Waals surface area contributed by atoms with Crippen LogP contribution in [0, 0.1) is 18.8 Å². The first-order chi connectivity index (χ1) is 15.1. The number of benzene rings is 2. The molecule has 0 aromatic heterocycles. The van der Waals surface area contributed by atoms with Crippen molar-refractivity contribution in [1.29, 1.82) is 0 Å². The Balaban J connectivity index is 1.43. The maximum absolute atomic E-state index is 2.62. The van der Waals surface area contributed by atoms with Crippen LogP contribution >= 0.6 is 0 Å². The van der Waals surface area contributed by atoms with Gasteiger partial charge in [0.2, 0.25) is 0 Å². The number of rotatable bonds is 3. The minimum absolute atomic E-state index is 0.447. The zero-order valence-corrected chi connectivity index (χ0v) is 19.1. The van der Waals surface area contributed by atoms with Gasteiger partial charge in [0.25, 0.3) is 0 Å². The van der Waals surface area contributed by atoms with Crippen molar-refractivity contribution in [3.05, 3.63) is 118 Å². The normalized spacial score (nSPS) is 28.1. The Labute approximate surface area is 188 Å². The fourth-order valence-corrected chi connectivity index (χ4v) is 6.09. The molecule has 1 saturated carbocycles. The average Bonchev–Trinajstić information content (AvgIpc) is 2.79. The summed E-state index contributed by atoms with van der Waals surface area (Å²) in [6.07, 6.45) is 15.2. The van der Waals surface area contributed by atoms with E-state index in [-0.39, 0.29) is 0 Å². The molecule has 1 fully saturated rings. The van der Waals surface area contributed by atoms with E-state index in [1.54, 1.807) is 5.57 Å². The van der Waals surface area contributed by atoms with Gasteiger partial charge in [-0.2, -0.15) is 0 Å². The van der Waals surface area contributed by atoms with Gasteiger partial charge in [-0.15, -0.1) is 0 Å². The lowest BCUT2D eigenvalue weighted by atomic mass is 9.67. The van der Waals surface area contributed by atoms with Gasteiger partial charge in [-0.1, -0.05) is 95.6 Å². The molecule has 158 valence electrons. The van der Waals surface area contributed by atoms with Crippen molar-refractivity contribution in [2.75, 3.05) is 0 Å². The van der Waals surface area contributed by atoms with E-state index in [9.17, 15) is 0 Å². The van der Waals surface area contributed by atoms with Crippen LogP contribution in [0.15, 0.2) is 101 Å². The third kappa shape index (κ3) is 4.13. The molecule has 0 heterocycles. The lowest BCUT2D eigenvalue weighted by Crippen LogP contribution is -2.23. The summed E-state index contributed by atoms with van der Waals surface area (Å²) in [6.45, 7) is 6.74. The Morgan fingerprint density at radius 1 is 0.613 bits per heavy atom. The monoisotopic (exact) mass is 406 g/mol. The molecular weight excluding hydrogens is 372 g/mol. The molecule has 0 saturated heterocycles. The van der Waals surface area contributed by atoms with Crippen LogP contribution in [0.4, 0.5) is 0 Å². The summed E-state index contributed by atoms with van der Waals surface area (Å²) in [6, 6.07) is 20.4. The molecule has 2 atom stereocenters. The van der Waals surface area contributed by atoms with E-state index >= 15 is 0 Å². The van der Waals surface area contributed by atoms with Crippen molar-refractivity contribution >= 4 is 0 Å². The maximum Gasteiger partial charge on any atom is 0.0152 e. The average molecular weight is 407 g/mol. The molecule has 0 heteroatoms. The predicted molar refractivity (Wildman–Crippen MR) is 132 cm³/mol. The van der Waals surface area contributed by atoms with Crippen LogP contribution in [0.5, 0.6) is 0 Å². The van der Waals surface area contributed by atoms with Gasteiger partial charge in [0, 0.05) is 11.8 Å². The van der Waals surface area contributed by atoms with E-state index in [4.69, 9.17) is 0 Å². The van der Waals surface area contributed by atoms with Gasteiger partial charge >= 0.3 is 0 Å². The first-order valence-corrected chi connectivity index (χ1v) is 12.0. The van der Waals surface area contributed by atoms with E-state index in [0.29, 0.717) is 17.8 Å². The molecular formula is C31H34. The van der Waals surface area contributed by atoms with Crippen molar-refractivity contribution in [2.45, 2.75) is 58.3 Å². The van der Waals surface area contributed by atoms with Crippen LogP contribution in [-0.2, 0) is 0 Å². The van der Waals surface area contributed by atoms with E-state index in [1.165, 1.54) is 59.1 Å². The third-order valence-electron chi connectivity index (χ3n) is 7.70. The molecule has 0 amide bonds. The third-order valence-corrected chi connectivity index (χ3v) is 7.70. The topological polar surface area (TPSA) is 0 Å². The quantitative estimate of drug-likeness (QED) is 0.479. The first kappa shape index (κ1) is 20.3. The zero-order valence-electron chi connectivity index (χ0n) is 19.1. The number of allylic oxidation sites excluding steroid dienone is 8. The Morgan fingerprint density at radius 2 is 1.29 bits per heavy atom. The van der Waals surface area contributed by atoms with Gasteiger partial charge in [0.15, 0.2) is 0 Å². The van der Waals surface area contributed by atoms with Crippen molar-refractivity contribution in [3.8, 4) is 0 Å². The number of fused-ring (bicyclic) bond motifs is 1. The highest BCUT2D eigenvalue weighted by molar-refractivity contribution is 5.52. The van der Waals surface area contributed by atoms with Crippen molar-refractivity contribution in [1.82, 2.24) is 0 Å². The summed E-state index contributed by atoms with van der Waals surface area (Å²) in [4.78, 5) is 0. The molecule has 1 unspecified atom stereocenters. The smallest absolute Gasteiger partial charge is 0.0152 e. The van der Waals surface area contributed by atoms with Gasteiger partial charge in [0.05, 0.1) is 0 Å². The molecule has 0 N–H and O–H groups in total. The molecule has 2 aromatic carbocycles. The molecule has 0 nitrogen and oxygen atoms in total. The summed E-state index contributed by atoms with van der Waals surface area (Å²) in [5.41, 5.74) is 10.3. The molecule has 31 heavy (non-hydrogen) atoms. The molecule has 0 radical (unpaired) electrons. The molecule has 5 rings (SSSR count). The summed E-state index contributed by atoms with van der Waals surface area (Å²) in [5.74, 6) is 2.36. The van der Waals surface area contributed by atoms with Crippen LogP contribution in [0.3, 0.4) is 0 Å². The SMILES string of the molecule is CC1=CC2=CC(C3CCC(c4ccccc4)CC3)=C[C@H](c3ccc(C)cc3)C2C(C)=C1. The van der Waals surface area contributed by atoms with Crippen LogP contribution in [-0.4, -0.2) is 0 Å². The van der Waals surface area contributed by atoms with Gasteiger partial charge in [-0.05, 0) is 80.6 Å². The Morgan fingerprint density at radius 3 is 2.00 bits per heavy atom. The fraction of sp³-hybridized carbons (Fsp3) is 0.355. The molecule has 3 aliphatic carbocycles. The summed E-state index contributed by atoms with van der Waals surface area (Å²) in [7, 11) is 0. The van der Waals surface area contributed by atoms with Crippen LogP contribution in [0.25, 0.3) is 0 Å². The molecule has 0 aliphatic heterocycles. The number of hydrogen-bond acceptors (Lipinski definition) is 0. The highest BCUT2D eigenvalue weighted by Gasteiger charge is 2.33. The molecule has 2 aromatic rings. The second kappa shape index (κ2) is 8.50. The number of aryl methyl sites for hydroxylation is 1. The van der Waals surface area contributed by atoms with Crippen molar-refractivity contribution < 1.29 is 0 Å². The second-order valence-corrected chi connectivity index (χ2v) is 9.96. The van der Waals surface area contributed by atoms with E-state index in [0.717, 1.165) is 5.92 Å². The predicted octanol–water partition coefficient (Wildman–Crippen LogP) is 8.44. The first-order valence-electron chi connectivity index (χ1n) is 12.0. The van der Waals surface area contributed by atoms with Crippen molar-refractivity contribution in [2.24, 2.45) is 11.8 Å². The zero-order chi connectivity index (χ0) is 21.4. The van der Waals surface area contributed by atoms with E-state index < -0.39 is 0 Å². The standard InChI is InChI=1S/C31H34/c1-21-9-11-27(12-10-21)30-20-28(19-29-18-22(2)17-23(3)31(29)30)26-15-13-25(14-16-26)24-7-5-4-6-8-24/h4-12,17-20,25-26,30-31H,13-16H2,1-3H3/t25?,26?,30-,31?/m1/s1. The van der Waals surface area contributed by atoms with Crippen LogP contribution in [0.1, 0.15) is 68.1 Å². The van der Waals surface area contributed by atoms with E-state index in [2.05, 4.69) is 99.7 Å². The lowest BCUT2D eigenvalue weighted by Gasteiger charge is -2.37. The van der Waals surface area contributed by atoms with Gasteiger partial charge in [0.1, 0.15) is 0 Å². The minimum atomic E-state index is 0.447. The van der Waals surface area contributed by atoms with Crippen LogP contribution in [0.2, 0.25) is 0 Å². The van der Waals surface area contributed by atoms with E-state index in [1.807, 2.05) is 0 Å². The maximum atomic E-state index is 2.62. The molecule has 3 aliphatic rings. The van der Waals surface area contributed by atoms with Gasteiger partial charge in [-0.25, -0.2) is 0 Å². The van der Waals surface area contributed by atoms with Gasteiger partial charge in [-0.3, -0.25) is 0 Å². The summed E-state index contributed by atoms with van der Waals surface area (Å²) >= 11 is 0. The highest BCUT2D eigenvalue weighted by Crippen LogP contribution is 2.47. The molecule has 0 spiro atoms. The Hall–Kier alpha value is -2.60. The molecule has 0 bridgehead atoms. The summed E-state index contributed by atoms with van der Waals surface area (Å²) in [5, 5.41) is 0. The number of hydrogen-bond donors (Lipinski definition) is 0. The second-order valence-electron chi connectivity index (χ2n) is 9.96. The van der Waals surface area contributed by atoms with Crippen molar-refractivity contribution in [3.63, 3.8) is 0 Å². The summed E-state index contributed by atoms with van der Waals surface area (Å²) < 4.78 is 0. The highest BCUT2D eigenvalue weighted by atomic mass is 14.4. The fourth-order valence-electron chi connectivity index (χ4n) is 6.09. The van der Waals surface area contributed by atoms with Crippen LogP contribution < -0.4 is 0 Å². The minimum Gasteiger partial charge on any atom is -0.0726 e.